The van der Waals surface area contributed by atoms with E-state index in [2.05, 4.69) is 21.2 Å². The van der Waals surface area contributed by atoms with E-state index in [0.717, 1.165) is 24.9 Å². The Kier molecular flexibility index (Phi) is 6.46. The molecular weight excluding hydrogens is 298 g/mol. The number of nitrogens with one attached hydrogen (secondary N) is 1. The first kappa shape index (κ1) is 15.3. The highest BCUT2D eigenvalue weighted by Gasteiger charge is 2.08. The summed E-state index contributed by atoms with van der Waals surface area (Å²) in [6.07, 6.45) is 1.50. The van der Waals surface area contributed by atoms with Gasteiger partial charge in [-0.2, -0.15) is 0 Å². The third-order valence-electron chi connectivity index (χ3n) is 2.61. The molecule has 1 unspecified atom stereocenters. The number of hydrogen-bond donors (Lipinski definition) is 3. The smallest absolute Gasteiger partial charge is 0.172 e. The number of benzene rings is 1. The Morgan fingerprint density at radius 2 is 2.17 bits per heavy atom. The number of ether oxygens (including phenoxy) is 1. The van der Waals surface area contributed by atoms with E-state index in [0.29, 0.717) is 16.8 Å². The molecule has 0 bridgehead atoms. The summed E-state index contributed by atoms with van der Waals surface area (Å²) >= 11 is 3.29. The van der Waals surface area contributed by atoms with E-state index in [4.69, 9.17) is 9.84 Å². The zero-order valence-corrected chi connectivity index (χ0v) is 12.3. The Balaban J connectivity index is 2.45. The third-order valence-corrected chi connectivity index (χ3v) is 3.22. The molecule has 102 valence electrons. The van der Waals surface area contributed by atoms with E-state index in [9.17, 15) is 5.11 Å². The van der Waals surface area contributed by atoms with Gasteiger partial charge in [-0.1, -0.05) is 0 Å². The minimum absolute atomic E-state index is 0.121. The van der Waals surface area contributed by atoms with Crippen LogP contribution in [0.3, 0.4) is 0 Å². The lowest BCUT2D eigenvalue weighted by atomic mass is 10.2. The maximum Gasteiger partial charge on any atom is 0.172 e. The Labute approximate surface area is 116 Å². The molecule has 1 aromatic rings. The minimum Gasteiger partial charge on any atom is -0.503 e. The molecule has 0 radical (unpaired) electrons. The molecule has 0 aliphatic rings. The van der Waals surface area contributed by atoms with Gasteiger partial charge in [-0.25, -0.2) is 0 Å². The zero-order valence-electron chi connectivity index (χ0n) is 10.7. The largest absolute Gasteiger partial charge is 0.503 e. The van der Waals surface area contributed by atoms with E-state index in [1.807, 2.05) is 12.1 Å². The summed E-state index contributed by atoms with van der Waals surface area (Å²) in [6, 6.07) is 3.67. The maximum atomic E-state index is 9.67. The average molecular weight is 318 g/mol. The Morgan fingerprint density at radius 1 is 1.44 bits per heavy atom. The van der Waals surface area contributed by atoms with Gasteiger partial charge in [0.2, 0.25) is 0 Å². The predicted molar refractivity (Wildman–Crippen MR) is 75.0 cm³/mol. The standard InChI is InChI=1S/C13H20BrNO3/c1-9(16)4-3-5-15-8-10-6-11(14)13(17)12(7-10)18-2/h6-7,9,15-17H,3-5,8H2,1-2H3. The Morgan fingerprint density at radius 3 is 2.78 bits per heavy atom. The molecule has 0 aromatic heterocycles. The molecule has 0 aliphatic heterocycles. The van der Waals surface area contributed by atoms with Crippen LogP contribution in [-0.4, -0.2) is 30.0 Å². The van der Waals surface area contributed by atoms with E-state index in [-0.39, 0.29) is 11.9 Å². The van der Waals surface area contributed by atoms with Crippen molar-refractivity contribution in [1.29, 1.82) is 0 Å². The minimum atomic E-state index is -0.241. The fraction of sp³-hybridized carbons (Fsp3) is 0.538. The van der Waals surface area contributed by atoms with E-state index in [1.165, 1.54) is 7.11 Å². The highest BCUT2D eigenvalue weighted by molar-refractivity contribution is 9.10. The first-order valence-electron chi connectivity index (χ1n) is 5.98. The second-order valence-corrected chi connectivity index (χ2v) is 5.15. The number of methoxy groups -OCH3 is 1. The van der Waals surface area contributed by atoms with Crippen molar-refractivity contribution in [2.24, 2.45) is 0 Å². The summed E-state index contributed by atoms with van der Waals surface area (Å²) in [7, 11) is 1.53. The van der Waals surface area contributed by atoms with Crippen molar-refractivity contribution in [3.8, 4) is 11.5 Å². The Hall–Kier alpha value is -0.780. The van der Waals surface area contributed by atoms with Crippen molar-refractivity contribution in [1.82, 2.24) is 5.32 Å². The number of phenols is 1. The first-order chi connectivity index (χ1) is 8.54. The highest BCUT2D eigenvalue weighted by atomic mass is 79.9. The van der Waals surface area contributed by atoms with Gasteiger partial charge in [0.1, 0.15) is 0 Å². The van der Waals surface area contributed by atoms with Crippen LogP contribution in [-0.2, 0) is 6.54 Å². The quantitative estimate of drug-likeness (QED) is 0.676. The van der Waals surface area contributed by atoms with Gasteiger partial charge in [0.25, 0.3) is 0 Å². The van der Waals surface area contributed by atoms with Crippen molar-refractivity contribution in [2.45, 2.75) is 32.4 Å². The molecule has 0 saturated heterocycles. The van der Waals surface area contributed by atoms with E-state index in [1.54, 1.807) is 6.92 Å². The number of aliphatic hydroxyl groups excluding tert-OH is 1. The van der Waals surface area contributed by atoms with Gasteiger partial charge in [0.05, 0.1) is 17.7 Å². The van der Waals surface area contributed by atoms with Gasteiger partial charge in [-0.05, 0) is 59.9 Å². The fourth-order valence-electron chi connectivity index (χ4n) is 1.64. The molecule has 4 nitrogen and oxygen atoms in total. The van der Waals surface area contributed by atoms with Gasteiger partial charge in [-0.15, -0.1) is 0 Å². The number of aliphatic hydroxyl groups is 1. The van der Waals surface area contributed by atoms with Gasteiger partial charge in [0.15, 0.2) is 11.5 Å². The van der Waals surface area contributed by atoms with Crippen LogP contribution in [0.2, 0.25) is 0 Å². The van der Waals surface area contributed by atoms with Gasteiger partial charge in [0, 0.05) is 6.54 Å². The van der Waals surface area contributed by atoms with Crippen LogP contribution < -0.4 is 10.1 Å². The summed E-state index contributed by atoms with van der Waals surface area (Å²) in [5.74, 6) is 0.584. The molecule has 0 amide bonds. The molecule has 0 saturated carbocycles. The summed E-state index contributed by atoms with van der Waals surface area (Å²) in [5, 5.41) is 22.1. The molecule has 1 rings (SSSR count). The first-order valence-corrected chi connectivity index (χ1v) is 6.78. The number of aromatic hydroxyl groups is 1. The van der Waals surface area contributed by atoms with Gasteiger partial charge >= 0.3 is 0 Å². The number of rotatable bonds is 7. The molecular formula is C13H20BrNO3. The van der Waals surface area contributed by atoms with E-state index < -0.39 is 0 Å². The summed E-state index contributed by atoms with van der Waals surface area (Å²) in [6.45, 7) is 3.35. The monoisotopic (exact) mass is 317 g/mol. The maximum absolute atomic E-state index is 9.67. The van der Waals surface area contributed by atoms with Crippen molar-refractivity contribution >= 4 is 15.9 Å². The molecule has 1 aromatic carbocycles. The fourth-order valence-corrected chi connectivity index (χ4v) is 2.13. The molecule has 0 aliphatic carbocycles. The number of halogens is 1. The second-order valence-electron chi connectivity index (χ2n) is 4.30. The molecule has 5 heteroatoms. The van der Waals surface area contributed by atoms with Crippen LogP contribution in [0.25, 0.3) is 0 Å². The second kappa shape index (κ2) is 7.61. The van der Waals surface area contributed by atoms with Crippen molar-refractivity contribution in [3.05, 3.63) is 22.2 Å². The molecule has 1 atom stereocenters. The number of hydrogen-bond acceptors (Lipinski definition) is 4. The Bertz CT molecular complexity index is 383. The summed E-state index contributed by atoms with van der Waals surface area (Å²) < 4.78 is 5.71. The lowest BCUT2D eigenvalue weighted by Crippen LogP contribution is -2.16. The molecule has 18 heavy (non-hydrogen) atoms. The number of phenolic OH excluding ortho intramolecular Hbond substituents is 1. The predicted octanol–water partition coefficient (Wildman–Crippen LogP) is 2.41. The van der Waals surface area contributed by atoms with Crippen LogP contribution in [0.15, 0.2) is 16.6 Å². The van der Waals surface area contributed by atoms with Gasteiger partial charge in [-0.3, -0.25) is 0 Å². The van der Waals surface area contributed by atoms with Crippen LogP contribution in [0, 0.1) is 0 Å². The van der Waals surface area contributed by atoms with Crippen molar-refractivity contribution in [2.75, 3.05) is 13.7 Å². The van der Waals surface area contributed by atoms with Crippen LogP contribution >= 0.6 is 15.9 Å². The highest BCUT2D eigenvalue weighted by Crippen LogP contribution is 2.35. The van der Waals surface area contributed by atoms with E-state index >= 15 is 0 Å². The lowest BCUT2D eigenvalue weighted by Gasteiger charge is -2.10. The average Bonchev–Trinajstić information content (AvgIpc) is 2.32. The molecule has 0 heterocycles. The van der Waals surface area contributed by atoms with Crippen molar-refractivity contribution < 1.29 is 14.9 Å². The summed E-state index contributed by atoms with van der Waals surface area (Å²) in [5.41, 5.74) is 1.04. The van der Waals surface area contributed by atoms with Crippen LogP contribution in [0.4, 0.5) is 0 Å². The topological polar surface area (TPSA) is 61.7 Å². The normalized spacial score (nSPS) is 12.4. The third kappa shape index (κ3) is 4.84. The van der Waals surface area contributed by atoms with Crippen LogP contribution in [0.1, 0.15) is 25.3 Å². The molecule has 3 N–H and O–H groups in total. The van der Waals surface area contributed by atoms with Gasteiger partial charge < -0.3 is 20.3 Å². The SMILES string of the molecule is COc1cc(CNCCCC(C)O)cc(Br)c1O. The summed E-state index contributed by atoms with van der Waals surface area (Å²) in [4.78, 5) is 0. The zero-order chi connectivity index (χ0) is 13.5. The molecule has 0 spiro atoms. The lowest BCUT2D eigenvalue weighted by molar-refractivity contribution is 0.181. The van der Waals surface area contributed by atoms with Crippen LogP contribution in [0.5, 0.6) is 11.5 Å². The van der Waals surface area contributed by atoms with Crippen molar-refractivity contribution in [3.63, 3.8) is 0 Å². The molecule has 0 fully saturated rings.